The van der Waals surface area contributed by atoms with Gasteiger partial charge in [-0.1, -0.05) is 38.2 Å². The molecular formula is C11H20S. The van der Waals surface area contributed by atoms with Gasteiger partial charge >= 0.3 is 0 Å². The molecule has 0 aliphatic rings. The summed E-state index contributed by atoms with van der Waals surface area (Å²) in [5, 5.41) is 0.761. The lowest BCUT2D eigenvalue weighted by Crippen LogP contribution is -1.90. The van der Waals surface area contributed by atoms with E-state index in [-0.39, 0.29) is 0 Å². The highest BCUT2D eigenvalue weighted by atomic mass is 32.2. The Balaban J connectivity index is 3.31. The van der Waals surface area contributed by atoms with Crippen LogP contribution in [0.4, 0.5) is 0 Å². The summed E-state index contributed by atoms with van der Waals surface area (Å²) in [6.07, 6.45) is 14.6. The lowest BCUT2D eigenvalue weighted by molar-refractivity contribution is 0.979. The van der Waals surface area contributed by atoms with Crippen molar-refractivity contribution in [2.45, 2.75) is 38.4 Å². The largest absolute Gasteiger partial charge is 0.162 e. The van der Waals surface area contributed by atoms with E-state index in [1.54, 1.807) is 0 Å². The van der Waals surface area contributed by atoms with Crippen molar-refractivity contribution in [1.82, 2.24) is 0 Å². The standard InChI is InChI=1S/C11H20S/c1-4-5-6-7-8-9-10-11(2)12-3/h5-6,8-9,11H,4,7,10H2,1-3H3/b6-5+,9-8+. The predicted octanol–water partition coefficient (Wildman–Crippen LogP) is 4.04. The summed E-state index contributed by atoms with van der Waals surface area (Å²) in [7, 11) is 0. The molecule has 0 aliphatic carbocycles. The van der Waals surface area contributed by atoms with Gasteiger partial charge in [-0.3, -0.25) is 0 Å². The van der Waals surface area contributed by atoms with Crippen LogP contribution < -0.4 is 0 Å². The van der Waals surface area contributed by atoms with Crippen molar-refractivity contribution < 1.29 is 0 Å². The fraction of sp³-hybridized carbons (Fsp3) is 0.636. The fourth-order valence-corrected chi connectivity index (χ4v) is 1.13. The molecule has 0 radical (unpaired) electrons. The van der Waals surface area contributed by atoms with Gasteiger partial charge in [0.25, 0.3) is 0 Å². The SMILES string of the molecule is CC/C=C/C/C=C/CC(C)SC. The molecule has 1 atom stereocenters. The molecule has 12 heavy (non-hydrogen) atoms. The lowest BCUT2D eigenvalue weighted by Gasteiger charge is -2.01. The van der Waals surface area contributed by atoms with Crippen LogP contribution >= 0.6 is 11.8 Å². The van der Waals surface area contributed by atoms with Crippen molar-refractivity contribution in [2.24, 2.45) is 0 Å². The van der Waals surface area contributed by atoms with E-state index in [4.69, 9.17) is 0 Å². The molecule has 0 fully saturated rings. The molecule has 0 amide bonds. The van der Waals surface area contributed by atoms with Gasteiger partial charge in [-0.05, 0) is 25.5 Å². The first-order chi connectivity index (χ1) is 5.81. The molecule has 0 heterocycles. The monoisotopic (exact) mass is 184 g/mol. The summed E-state index contributed by atoms with van der Waals surface area (Å²) in [5.74, 6) is 0. The van der Waals surface area contributed by atoms with Crippen LogP contribution in [0.25, 0.3) is 0 Å². The zero-order chi connectivity index (χ0) is 9.23. The van der Waals surface area contributed by atoms with Crippen LogP contribution in [0.1, 0.15) is 33.1 Å². The van der Waals surface area contributed by atoms with E-state index in [1.807, 2.05) is 11.8 Å². The van der Waals surface area contributed by atoms with Crippen molar-refractivity contribution in [2.75, 3.05) is 6.26 Å². The number of rotatable bonds is 6. The summed E-state index contributed by atoms with van der Waals surface area (Å²) < 4.78 is 0. The van der Waals surface area contributed by atoms with E-state index < -0.39 is 0 Å². The molecule has 0 rings (SSSR count). The summed E-state index contributed by atoms with van der Waals surface area (Å²) >= 11 is 1.92. The normalized spacial score (nSPS) is 14.6. The van der Waals surface area contributed by atoms with Crippen molar-refractivity contribution in [3.63, 3.8) is 0 Å². The average Bonchev–Trinajstić information content (AvgIpc) is 2.10. The number of hydrogen-bond acceptors (Lipinski definition) is 1. The zero-order valence-electron chi connectivity index (χ0n) is 8.42. The number of thioether (sulfide) groups is 1. The third-order valence-corrected chi connectivity index (χ3v) is 2.71. The van der Waals surface area contributed by atoms with Crippen LogP contribution in [0.2, 0.25) is 0 Å². The molecule has 0 spiro atoms. The molecule has 0 aromatic rings. The molecule has 0 aliphatic heterocycles. The lowest BCUT2D eigenvalue weighted by atomic mass is 10.2. The highest BCUT2D eigenvalue weighted by Gasteiger charge is 1.92. The van der Waals surface area contributed by atoms with Crippen molar-refractivity contribution in [3.8, 4) is 0 Å². The topological polar surface area (TPSA) is 0 Å². The Kier molecular flexibility index (Phi) is 8.80. The first-order valence-corrected chi connectivity index (χ1v) is 5.92. The minimum atomic E-state index is 0.761. The van der Waals surface area contributed by atoms with Crippen molar-refractivity contribution in [1.29, 1.82) is 0 Å². The van der Waals surface area contributed by atoms with Gasteiger partial charge in [0, 0.05) is 5.25 Å². The van der Waals surface area contributed by atoms with E-state index in [0.717, 1.165) is 18.1 Å². The van der Waals surface area contributed by atoms with Crippen LogP contribution in [-0.4, -0.2) is 11.5 Å². The second-order valence-corrected chi connectivity index (χ2v) is 4.14. The molecule has 1 unspecified atom stereocenters. The highest BCUT2D eigenvalue weighted by Crippen LogP contribution is 2.09. The Morgan fingerprint density at radius 2 is 1.83 bits per heavy atom. The minimum Gasteiger partial charge on any atom is -0.162 e. The second-order valence-electron chi connectivity index (χ2n) is 2.87. The van der Waals surface area contributed by atoms with E-state index in [0.29, 0.717) is 0 Å². The molecule has 0 saturated carbocycles. The smallest absolute Gasteiger partial charge is 0.00504 e. The van der Waals surface area contributed by atoms with Gasteiger partial charge in [0.1, 0.15) is 0 Å². The first kappa shape index (κ1) is 11.8. The summed E-state index contributed by atoms with van der Waals surface area (Å²) in [4.78, 5) is 0. The van der Waals surface area contributed by atoms with Crippen molar-refractivity contribution in [3.05, 3.63) is 24.3 Å². The predicted molar refractivity (Wildman–Crippen MR) is 60.8 cm³/mol. The van der Waals surface area contributed by atoms with Gasteiger partial charge in [0.2, 0.25) is 0 Å². The first-order valence-electron chi connectivity index (χ1n) is 4.64. The summed E-state index contributed by atoms with van der Waals surface area (Å²) in [6, 6.07) is 0. The Labute approximate surface area is 81.1 Å². The summed E-state index contributed by atoms with van der Waals surface area (Å²) in [5.41, 5.74) is 0. The van der Waals surface area contributed by atoms with Crippen LogP contribution in [0, 0.1) is 0 Å². The molecule has 0 bridgehead atoms. The molecular weight excluding hydrogens is 164 g/mol. The maximum atomic E-state index is 2.28. The molecule has 70 valence electrons. The van der Waals surface area contributed by atoms with Crippen LogP contribution in [0.15, 0.2) is 24.3 Å². The van der Waals surface area contributed by atoms with Gasteiger partial charge < -0.3 is 0 Å². The number of hydrogen-bond donors (Lipinski definition) is 0. The second kappa shape index (κ2) is 8.92. The molecule has 0 aromatic heterocycles. The minimum absolute atomic E-state index is 0.761. The highest BCUT2D eigenvalue weighted by molar-refractivity contribution is 7.99. The molecule has 0 N–H and O–H groups in total. The average molecular weight is 184 g/mol. The molecule has 0 aromatic carbocycles. The van der Waals surface area contributed by atoms with Gasteiger partial charge in [0.05, 0.1) is 0 Å². The Morgan fingerprint density at radius 1 is 1.17 bits per heavy atom. The van der Waals surface area contributed by atoms with E-state index in [1.165, 1.54) is 6.42 Å². The van der Waals surface area contributed by atoms with E-state index >= 15 is 0 Å². The third kappa shape index (κ3) is 7.93. The van der Waals surface area contributed by atoms with E-state index in [9.17, 15) is 0 Å². The Morgan fingerprint density at radius 3 is 2.42 bits per heavy atom. The van der Waals surface area contributed by atoms with Gasteiger partial charge in [-0.2, -0.15) is 11.8 Å². The van der Waals surface area contributed by atoms with Gasteiger partial charge in [-0.15, -0.1) is 0 Å². The summed E-state index contributed by atoms with van der Waals surface area (Å²) in [6.45, 7) is 4.42. The third-order valence-electron chi connectivity index (χ3n) is 1.71. The maximum absolute atomic E-state index is 2.28. The van der Waals surface area contributed by atoms with Crippen molar-refractivity contribution >= 4 is 11.8 Å². The van der Waals surface area contributed by atoms with Crippen LogP contribution in [0.3, 0.4) is 0 Å². The Bertz CT molecular complexity index is 136. The maximum Gasteiger partial charge on any atom is 0.00504 e. The fourth-order valence-electron chi connectivity index (χ4n) is 0.822. The molecule has 1 heteroatoms. The Hall–Kier alpha value is -0.170. The molecule has 0 saturated heterocycles. The molecule has 0 nitrogen and oxygen atoms in total. The van der Waals surface area contributed by atoms with Crippen LogP contribution in [0.5, 0.6) is 0 Å². The van der Waals surface area contributed by atoms with Gasteiger partial charge in [-0.25, -0.2) is 0 Å². The number of allylic oxidation sites excluding steroid dienone is 4. The van der Waals surface area contributed by atoms with E-state index in [2.05, 4.69) is 44.4 Å². The zero-order valence-corrected chi connectivity index (χ0v) is 9.23. The quantitative estimate of drug-likeness (QED) is 0.561. The van der Waals surface area contributed by atoms with Gasteiger partial charge in [0.15, 0.2) is 0 Å². The van der Waals surface area contributed by atoms with Crippen LogP contribution in [-0.2, 0) is 0 Å².